The molecule has 22 heavy (non-hydrogen) atoms. The van der Waals surface area contributed by atoms with Crippen LogP contribution in [0.3, 0.4) is 0 Å². The molecule has 0 aromatic heterocycles. The number of hydrogen-bond donors (Lipinski definition) is 0. The van der Waals surface area contributed by atoms with Gasteiger partial charge in [0.2, 0.25) is 5.78 Å². The molecule has 2 aliphatic rings. The lowest BCUT2D eigenvalue weighted by atomic mass is 9.69. The molecule has 4 nitrogen and oxygen atoms in total. The standard InChI is InChI=1S/C18H17NO3/c20-17-15-7-3-4-10-18(17,19(21)22)11-13-9-8-12-5-1-2-6-14(12)16(13)15/h1-2,5-6,8-9,15H,3-4,7,10-11H2/t15-,18-/m0/s1. The summed E-state index contributed by atoms with van der Waals surface area (Å²) in [6.07, 6.45) is 3.00. The molecule has 1 fully saturated rings. The van der Waals surface area contributed by atoms with Gasteiger partial charge in [0.05, 0.1) is 12.3 Å². The van der Waals surface area contributed by atoms with Crippen LogP contribution in [0.15, 0.2) is 36.4 Å². The van der Waals surface area contributed by atoms with Crippen LogP contribution < -0.4 is 0 Å². The van der Waals surface area contributed by atoms with Crippen LogP contribution in [0.1, 0.15) is 42.7 Å². The lowest BCUT2D eigenvalue weighted by Gasteiger charge is -2.33. The van der Waals surface area contributed by atoms with Crippen LogP contribution in [0.5, 0.6) is 0 Å². The van der Waals surface area contributed by atoms with Gasteiger partial charge in [0.1, 0.15) is 0 Å². The first-order valence-electron chi connectivity index (χ1n) is 7.83. The molecule has 0 N–H and O–H groups in total. The fourth-order valence-corrected chi connectivity index (χ4v) is 4.26. The van der Waals surface area contributed by atoms with E-state index in [0.717, 1.165) is 41.2 Å². The average Bonchev–Trinajstić information content (AvgIpc) is 2.63. The molecule has 2 atom stereocenters. The second-order valence-corrected chi connectivity index (χ2v) is 6.49. The maximum absolute atomic E-state index is 13.0. The van der Waals surface area contributed by atoms with E-state index in [0.29, 0.717) is 6.42 Å². The summed E-state index contributed by atoms with van der Waals surface area (Å²) < 4.78 is 0. The third-order valence-electron chi connectivity index (χ3n) is 5.35. The van der Waals surface area contributed by atoms with Crippen molar-refractivity contribution < 1.29 is 9.72 Å². The molecule has 4 heteroatoms. The van der Waals surface area contributed by atoms with Gasteiger partial charge in [-0.25, -0.2) is 0 Å². The molecule has 0 saturated heterocycles. The Hall–Kier alpha value is -2.23. The summed E-state index contributed by atoms with van der Waals surface area (Å²) in [6, 6.07) is 12.0. The van der Waals surface area contributed by atoms with Crippen LogP contribution in [0.2, 0.25) is 0 Å². The Labute approximate surface area is 128 Å². The molecule has 2 aromatic carbocycles. The summed E-state index contributed by atoms with van der Waals surface area (Å²) in [4.78, 5) is 24.4. The fourth-order valence-electron chi connectivity index (χ4n) is 4.26. The number of ketones is 1. The Morgan fingerprint density at radius 2 is 1.95 bits per heavy atom. The monoisotopic (exact) mass is 295 g/mol. The van der Waals surface area contributed by atoms with Crippen LogP contribution in [-0.2, 0) is 11.2 Å². The minimum absolute atomic E-state index is 0.168. The highest BCUT2D eigenvalue weighted by Crippen LogP contribution is 2.46. The predicted molar refractivity (Wildman–Crippen MR) is 83.6 cm³/mol. The predicted octanol–water partition coefficient (Wildman–Crippen LogP) is 3.64. The maximum atomic E-state index is 13.0. The van der Waals surface area contributed by atoms with E-state index in [1.165, 1.54) is 0 Å². The first-order chi connectivity index (χ1) is 10.6. The number of carbonyl (C=O) groups is 1. The van der Waals surface area contributed by atoms with Crippen LogP contribution in [0.25, 0.3) is 10.8 Å². The van der Waals surface area contributed by atoms with Crippen molar-refractivity contribution in [2.24, 2.45) is 0 Å². The van der Waals surface area contributed by atoms with Crippen molar-refractivity contribution in [3.63, 3.8) is 0 Å². The van der Waals surface area contributed by atoms with Crippen molar-refractivity contribution in [3.05, 3.63) is 57.6 Å². The van der Waals surface area contributed by atoms with Gasteiger partial charge in [-0.3, -0.25) is 14.9 Å². The van der Waals surface area contributed by atoms with Crippen molar-refractivity contribution in [2.45, 2.75) is 43.6 Å². The molecular formula is C18H17NO3. The summed E-state index contributed by atoms with van der Waals surface area (Å²) in [5.74, 6) is -0.485. The average molecular weight is 295 g/mol. The Morgan fingerprint density at radius 1 is 1.14 bits per heavy atom. The Balaban J connectivity index is 2.01. The third-order valence-corrected chi connectivity index (χ3v) is 5.35. The van der Waals surface area contributed by atoms with E-state index in [-0.39, 0.29) is 23.0 Å². The van der Waals surface area contributed by atoms with Gasteiger partial charge in [-0.2, -0.15) is 0 Å². The van der Waals surface area contributed by atoms with Gasteiger partial charge in [0, 0.05) is 11.3 Å². The number of benzene rings is 2. The molecule has 0 aliphatic heterocycles. The molecule has 0 heterocycles. The van der Waals surface area contributed by atoms with Crippen molar-refractivity contribution in [2.75, 3.05) is 0 Å². The number of rotatable bonds is 1. The summed E-state index contributed by atoms with van der Waals surface area (Å²) in [5, 5.41) is 13.9. The van der Waals surface area contributed by atoms with Crippen molar-refractivity contribution >= 4 is 16.6 Å². The summed E-state index contributed by atoms with van der Waals surface area (Å²) in [7, 11) is 0. The second-order valence-electron chi connectivity index (χ2n) is 6.49. The van der Waals surface area contributed by atoms with E-state index >= 15 is 0 Å². The highest BCUT2D eigenvalue weighted by atomic mass is 16.6. The lowest BCUT2D eigenvalue weighted by molar-refractivity contribution is -0.553. The van der Waals surface area contributed by atoms with E-state index in [2.05, 4.69) is 0 Å². The summed E-state index contributed by atoms with van der Waals surface area (Å²) >= 11 is 0. The zero-order valence-corrected chi connectivity index (χ0v) is 12.2. The van der Waals surface area contributed by atoms with E-state index in [4.69, 9.17) is 0 Å². The van der Waals surface area contributed by atoms with E-state index in [1.54, 1.807) is 0 Å². The number of Topliss-reactive ketones (excluding diaryl/α,β-unsaturated/α-hetero) is 1. The van der Waals surface area contributed by atoms with Crippen molar-refractivity contribution in [1.82, 2.24) is 0 Å². The van der Waals surface area contributed by atoms with Gasteiger partial charge in [0.25, 0.3) is 5.54 Å². The molecule has 2 aliphatic carbocycles. The van der Waals surface area contributed by atoms with Gasteiger partial charge in [-0.15, -0.1) is 0 Å². The summed E-state index contributed by atoms with van der Waals surface area (Å²) in [6.45, 7) is 0. The van der Waals surface area contributed by atoms with Crippen molar-refractivity contribution in [1.29, 1.82) is 0 Å². The molecule has 0 amide bonds. The second kappa shape index (κ2) is 4.63. The number of nitro groups is 1. The molecule has 0 spiro atoms. The molecule has 4 rings (SSSR count). The largest absolute Gasteiger partial charge is 0.291 e. The molecule has 0 radical (unpaired) electrons. The molecular weight excluding hydrogens is 278 g/mol. The minimum atomic E-state index is -1.39. The Bertz CT molecular complexity index is 798. The smallest absolute Gasteiger partial charge is 0.283 e. The Kier molecular flexibility index (Phi) is 2.83. The van der Waals surface area contributed by atoms with Crippen LogP contribution in [-0.4, -0.2) is 16.2 Å². The minimum Gasteiger partial charge on any atom is -0.291 e. The van der Waals surface area contributed by atoms with Crippen molar-refractivity contribution in [3.8, 4) is 0 Å². The topological polar surface area (TPSA) is 60.2 Å². The normalized spacial score (nSPS) is 27.3. The number of hydrogen-bond acceptors (Lipinski definition) is 3. The van der Waals surface area contributed by atoms with Gasteiger partial charge in [0.15, 0.2) is 0 Å². The molecule has 2 aromatic rings. The first kappa shape index (κ1) is 13.4. The molecule has 0 unspecified atom stereocenters. The van der Waals surface area contributed by atoms with Gasteiger partial charge < -0.3 is 0 Å². The van der Waals surface area contributed by atoms with Gasteiger partial charge in [-0.1, -0.05) is 42.8 Å². The van der Waals surface area contributed by atoms with E-state index in [1.807, 2.05) is 36.4 Å². The molecule has 2 bridgehead atoms. The van der Waals surface area contributed by atoms with Crippen LogP contribution in [0.4, 0.5) is 0 Å². The lowest BCUT2D eigenvalue weighted by Crippen LogP contribution is -2.52. The SMILES string of the molecule is O=C1[C@H]2CCCC[C@]1([N+](=O)[O-])Cc1ccc3ccccc3c12. The maximum Gasteiger partial charge on any atom is 0.283 e. The molecule has 1 saturated carbocycles. The number of carbonyl (C=O) groups excluding carboxylic acids is 1. The first-order valence-corrected chi connectivity index (χ1v) is 7.83. The number of nitrogens with zero attached hydrogens (tertiary/aromatic N) is 1. The van der Waals surface area contributed by atoms with Crippen LogP contribution in [0, 0.1) is 10.1 Å². The quantitative estimate of drug-likeness (QED) is 0.596. The number of fused-ring (bicyclic) bond motifs is 6. The van der Waals surface area contributed by atoms with Gasteiger partial charge in [-0.05, 0) is 34.7 Å². The summed E-state index contributed by atoms with van der Waals surface area (Å²) in [5.41, 5.74) is 0.640. The highest BCUT2D eigenvalue weighted by molar-refractivity contribution is 6.00. The Morgan fingerprint density at radius 3 is 2.77 bits per heavy atom. The fraction of sp³-hybridized carbons (Fsp3) is 0.389. The zero-order valence-electron chi connectivity index (χ0n) is 12.2. The molecule has 112 valence electrons. The van der Waals surface area contributed by atoms with E-state index < -0.39 is 5.54 Å². The third kappa shape index (κ3) is 1.67. The van der Waals surface area contributed by atoms with Crippen LogP contribution >= 0.6 is 0 Å². The van der Waals surface area contributed by atoms with Gasteiger partial charge >= 0.3 is 0 Å². The highest BCUT2D eigenvalue weighted by Gasteiger charge is 2.57. The van der Waals surface area contributed by atoms with E-state index in [9.17, 15) is 14.9 Å². The zero-order chi connectivity index (χ0) is 15.3.